The van der Waals surface area contributed by atoms with Gasteiger partial charge in [-0.1, -0.05) is 43.2 Å². The molecule has 3 rings (SSSR count). The summed E-state index contributed by atoms with van der Waals surface area (Å²) in [6.45, 7) is 7.13. The first kappa shape index (κ1) is 24.2. The molecule has 2 unspecified atom stereocenters. The molecular formula is C21H35Cl2N3O. The molecule has 2 heterocycles. The normalized spacial score (nSPS) is 23.3. The van der Waals surface area contributed by atoms with E-state index in [1.807, 2.05) is 42.2 Å². The van der Waals surface area contributed by atoms with Crippen molar-refractivity contribution in [3.05, 3.63) is 35.9 Å². The van der Waals surface area contributed by atoms with Crippen LogP contribution in [-0.2, 0) is 10.3 Å². The summed E-state index contributed by atoms with van der Waals surface area (Å²) in [7, 11) is 0. The van der Waals surface area contributed by atoms with Crippen LogP contribution in [0.25, 0.3) is 0 Å². The second-order valence-electron chi connectivity index (χ2n) is 8.04. The van der Waals surface area contributed by atoms with Gasteiger partial charge in [0, 0.05) is 19.6 Å². The molecule has 2 aliphatic rings. The van der Waals surface area contributed by atoms with Crippen LogP contribution in [-0.4, -0.2) is 48.4 Å². The number of carbonyl (C=O) groups excluding carboxylic acids is 1. The Hall–Kier alpha value is -0.810. The molecule has 2 aliphatic heterocycles. The monoisotopic (exact) mass is 415 g/mol. The third-order valence-electron chi connectivity index (χ3n) is 5.84. The van der Waals surface area contributed by atoms with E-state index >= 15 is 0 Å². The first-order valence-corrected chi connectivity index (χ1v) is 9.93. The summed E-state index contributed by atoms with van der Waals surface area (Å²) in [4.78, 5) is 17.7. The van der Waals surface area contributed by atoms with Crippen molar-refractivity contribution in [2.45, 2.75) is 51.0 Å². The summed E-state index contributed by atoms with van der Waals surface area (Å²) >= 11 is 0. The molecular weight excluding hydrogens is 381 g/mol. The number of nitrogens with zero attached hydrogens (tertiary/aromatic N) is 2. The smallest absolute Gasteiger partial charge is 0.246 e. The molecule has 0 saturated carbocycles. The molecule has 0 aromatic heterocycles. The number of benzene rings is 1. The Labute approximate surface area is 176 Å². The Morgan fingerprint density at radius 1 is 1.04 bits per heavy atom. The number of amides is 1. The summed E-state index contributed by atoms with van der Waals surface area (Å²) in [6.07, 6.45) is 7.71. The zero-order valence-corrected chi connectivity index (χ0v) is 18.1. The van der Waals surface area contributed by atoms with Gasteiger partial charge in [-0.3, -0.25) is 4.79 Å². The van der Waals surface area contributed by atoms with E-state index in [2.05, 4.69) is 4.90 Å². The van der Waals surface area contributed by atoms with E-state index in [9.17, 15) is 4.79 Å². The molecule has 2 saturated heterocycles. The number of piperidine rings is 1. The molecule has 1 aromatic carbocycles. The highest BCUT2D eigenvalue weighted by Crippen LogP contribution is 2.25. The SMILES string of the molecule is CC(N)(C(=O)N1CCCC(CN2CCCCCC2)C1)c1ccccc1.Cl.Cl. The van der Waals surface area contributed by atoms with E-state index < -0.39 is 5.54 Å². The van der Waals surface area contributed by atoms with Crippen LogP contribution in [0.5, 0.6) is 0 Å². The van der Waals surface area contributed by atoms with Gasteiger partial charge in [-0.15, -0.1) is 24.8 Å². The van der Waals surface area contributed by atoms with Gasteiger partial charge in [0.2, 0.25) is 5.91 Å². The standard InChI is InChI=1S/C21H33N3O.2ClH/c1-21(22,19-11-5-4-6-12-19)20(25)24-15-9-10-18(17-24)16-23-13-7-2-3-8-14-23;;/h4-6,11-12,18H,2-3,7-10,13-17,22H2,1H3;2*1H. The fraction of sp³-hybridized carbons (Fsp3) is 0.667. The van der Waals surface area contributed by atoms with E-state index in [1.54, 1.807) is 0 Å². The van der Waals surface area contributed by atoms with Crippen molar-refractivity contribution in [1.82, 2.24) is 9.80 Å². The van der Waals surface area contributed by atoms with Crippen molar-refractivity contribution in [3.8, 4) is 0 Å². The van der Waals surface area contributed by atoms with E-state index in [4.69, 9.17) is 5.73 Å². The Morgan fingerprint density at radius 3 is 2.30 bits per heavy atom. The maximum atomic E-state index is 13.1. The number of likely N-dealkylation sites (tertiary alicyclic amines) is 2. The highest BCUT2D eigenvalue weighted by molar-refractivity contribution is 5.87. The van der Waals surface area contributed by atoms with E-state index in [-0.39, 0.29) is 30.7 Å². The van der Waals surface area contributed by atoms with Crippen molar-refractivity contribution in [3.63, 3.8) is 0 Å². The molecule has 4 nitrogen and oxygen atoms in total. The molecule has 0 radical (unpaired) electrons. The number of hydrogen-bond acceptors (Lipinski definition) is 3. The van der Waals surface area contributed by atoms with Gasteiger partial charge in [0.05, 0.1) is 0 Å². The number of carbonyl (C=O) groups is 1. The van der Waals surface area contributed by atoms with Gasteiger partial charge in [0.15, 0.2) is 0 Å². The predicted octanol–water partition coefficient (Wildman–Crippen LogP) is 3.82. The van der Waals surface area contributed by atoms with Crippen molar-refractivity contribution >= 4 is 30.7 Å². The van der Waals surface area contributed by atoms with Crippen LogP contribution in [0.2, 0.25) is 0 Å². The van der Waals surface area contributed by atoms with Crippen LogP contribution >= 0.6 is 24.8 Å². The van der Waals surface area contributed by atoms with Crippen molar-refractivity contribution < 1.29 is 4.79 Å². The van der Waals surface area contributed by atoms with Crippen LogP contribution in [0.4, 0.5) is 0 Å². The topological polar surface area (TPSA) is 49.6 Å². The lowest BCUT2D eigenvalue weighted by Gasteiger charge is -2.39. The Balaban J connectivity index is 0.00000182. The average Bonchev–Trinajstić information content (AvgIpc) is 2.91. The minimum absolute atomic E-state index is 0. The molecule has 2 fully saturated rings. The summed E-state index contributed by atoms with van der Waals surface area (Å²) in [6, 6.07) is 9.77. The average molecular weight is 416 g/mol. The molecule has 1 aromatic rings. The van der Waals surface area contributed by atoms with Gasteiger partial charge in [0.1, 0.15) is 5.54 Å². The largest absolute Gasteiger partial charge is 0.340 e. The first-order chi connectivity index (χ1) is 12.1. The number of rotatable bonds is 4. The van der Waals surface area contributed by atoms with E-state index in [1.165, 1.54) is 45.2 Å². The van der Waals surface area contributed by atoms with Crippen LogP contribution < -0.4 is 5.73 Å². The maximum Gasteiger partial charge on any atom is 0.246 e. The molecule has 0 spiro atoms. The lowest BCUT2D eigenvalue weighted by Crippen LogP contribution is -2.54. The number of nitrogens with two attached hydrogens (primary N) is 1. The van der Waals surface area contributed by atoms with Gasteiger partial charge < -0.3 is 15.5 Å². The van der Waals surface area contributed by atoms with Crippen LogP contribution in [0.1, 0.15) is 51.0 Å². The molecule has 0 aliphatic carbocycles. The summed E-state index contributed by atoms with van der Waals surface area (Å²) in [5.74, 6) is 0.654. The van der Waals surface area contributed by atoms with Crippen molar-refractivity contribution in [1.29, 1.82) is 0 Å². The highest BCUT2D eigenvalue weighted by atomic mass is 35.5. The predicted molar refractivity (Wildman–Crippen MR) is 117 cm³/mol. The highest BCUT2D eigenvalue weighted by Gasteiger charge is 2.36. The third kappa shape index (κ3) is 6.35. The van der Waals surface area contributed by atoms with Gasteiger partial charge in [-0.2, -0.15) is 0 Å². The molecule has 27 heavy (non-hydrogen) atoms. The lowest BCUT2D eigenvalue weighted by molar-refractivity contribution is -0.138. The van der Waals surface area contributed by atoms with E-state index in [0.29, 0.717) is 5.92 Å². The van der Waals surface area contributed by atoms with Crippen LogP contribution in [0.15, 0.2) is 30.3 Å². The Kier molecular flexibility index (Phi) is 10.1. The second kappa shape index (κ2) is 11.3. The third-order valence-corrected chi connectivity index (χ3v) is 5.84. The van der Waals surface area contributed by atoms with Crippen LogP contribution in [0.3, 0.4) is 0 Å². The summed E-state index contributed by atoms with van der Waals surface area (Å²) in [5.41, 5.74) is 6.42. The maximum absolute atomic E-state index is 13.1. The first-order valence-electron chi connectivity index (χ1n) is 9.93. The lowest BCUT2D eigenvalue weighted by atomic mass is 9.89. The molecule has 6 heteroatoms. The van der Waals surface area contributed by atoms with Gasteiger partial charge >= 0.3 is 0 Å². The quantitative estimate of drug-likeness (QED) is 0.812. The Morgan fingerprint density at radius 2 is 1.67 bits per heavy atom. The summed E-state index contributed by atoms with van der Waals surface area (Å²) in [5, 5.41) is 0. The minimum atomic E-state index is -0.939. The van der Waals surface area contributed by atoms with Crippen molar-refractivity contribution in [2.75, 3.05) is 32.7 Å². The van der Waals surface area contributed by atoms with Crippen molar-refractivity contribution in [2.24, 2.45) is 11.7 Å². The second-order valence-corrected chi connectivity index (χ2v) is 8.04. The molecule has 0 bridgehead atoms. The molecule has 154 valence electrons. The zero-order valence-electron chi connectivity index (χ0n) is 16.4. The zero-order chi connectivity index (χ0) is 17.7. The van der Waals surface area contributed by atoms with Gasteiger partial charge in [-0.05, 0) is 57.2 Å². The van der Waals surface area contributed by atoms with E-state index in [0.717, 1.165) is 31.6 Å². The molecule has 1 amide bonds. The van der Waals surface area contributed by atoms with Gasteiger partial charge in [-0.25, -0.2) is 0 Å². The Bertz CT molecular complexity index is 560. The molecule has 2 atom stereocenters. The number of halogens is 2. The minimum Gasteiger partial charge on any atom is -0.340 e. The van der Waals surface area contributed by atoms with Gasteiger partial charge in [0.25, 0.3) is 0 Å². The fourth-order valence-corrected chi connectivity index (χ4v) is 4.32. The molecule has 2 N–H and O–H groups in total. The number of hydrogen-bond donors (Lipinski definition) is 1. The summed E-state index contributed by atoms with van der Waals surface area (Å²) < 4.78 is 0. The fourth-order valence-electron chi connectivity index (χ4n) is 4.32. The van der Waals surface area contributed by atoms with Crippen LogP contribution in [0, 0.1) is 5.92 Å².